The van der Waals surface area contributed by atoms with Crippen molar-refractivity contribution in [1.29, 1.82) is 5.26 Å². The number of nitrogens with two attached hydrogens (primary N) is 1. The zero-order valence-corrected chi connectivity index (χ0v) is 16.3. The van der Waals surface area contributed by atoms with Gasteiger partial charge in [0.05, 0.1) is 11.7 Å². The minimum atomic E-state index is 0.000793. The molecular weight excluding hydrogens is 352 g/mol. The van der Waals surface area contributed by atoms with E-state index in [4.69, 9.17) is 15.0 Å². The van der Waals surface area contributed by atoms with Crippen molar-refractivity contribution < 1.29 is 9.26 Å². The van der Waals surface area contributed by atoms with Crippen molar-refractivity contribution in [3.8, 4) is 23.3 Å². The number of hydrogen-bond acceptors (Lipinski definition) is 6. The van der Waals surface area contributed by atoms with Crippen molar-refractivity contribution in [1.82, 2.24) is 10.1 Å². The number of benzene rings is 1. The summed E-state index contributed by atoms with van der Waals surface area (Å²) >= 11 is 0. The Morgan fingerprint density at radius 3 is 2.93 bits per heavy atom. The minimum Gasteiger partial charge on any atom is -0.490 e. The second kappa shape index (κ2) is 7.76. The highest BCUT2D eigenvalue weighted by Crippen LogP contribution is 2.44. The molecule has 1 saturated carbocycles. The van der Waals surface area contributed by atoms with E-state index in [1.165, 1.54) is 0 Å². The van der Waals surface area contributed by atoms with E-state index in [0.717, 1.165) is 31.2 Å². The second-order valence-corrected chi connectivity index (χ2v) is 8.06. The van der Waals surface area contributed by atoms with Gasteiger partial charge in [-0.1, -0.05) is 23.7 Å². The van der Waals surface area contributed by atoms with Crippen LogP contribution in [-0.4, -0.2) is 22.3 Å². The molecule has 2 aliphatic carbocycles. The van der Waals surface area contributed by atoms with E-state index in [9.17, 15) is 5.26 Å². The molecule has 4 atom stereocenters. The van der Waals surface area contributed by atoms with E-state index in [1.54, 1.807) is 12.1 Å². The van der Waals surface area contributed by atoms with Gasteiger partial charge in [0, 0.05) is 17.5 Å². The van der Waals surface area contributed by atoms with Gasteiger partial charge in [-0.3, -0.25) is 0 Å². The Labute approximate surface area is 165 Å². The van der Waals surface area contributed by atoms with Crippen LogP contribution in [0.2, 0.25) is 0 Å². The van der Waals surface area contributed by atoms with Crippen LogP contribution in [0.15, 0.2) is 34.9 Å². The molecule has 2 aliphatic rings. The van der Waals surface area contributed by atoms with Gasteiger partial charge in [-0.15, -0.1) is 0 Å². The molecule has 2 N–H and O–H groups in total. The first-order valence-corrected chi connectivity index (χ1v) is 10.0. The number of ether oxygens (including phenoxy) is 1. The number of aromatic nitrogens is 2. The Kier molecular flexibility index (Phi) is 5.19. The molecule has 28 heavy (non-hydrogen) atoms. The maximum Gasteiger partial charge on any atom is 0.257 e. The van der Waals surface area contributed by atoms with Crippen LogP contribution in [0.25, 0.3) is 11.5 Å². The quantitative estimate of drug-likeness (QED) is 0.801. The van der Waals surface area contributed by atoms with Crippen molar-refractivity contribution in [2.75, 3.05) is 0 Å². The first-order chi connectivity index (χ1) is 13.6. The van der Waals surface area contributed by atoms with Crippen LogP contribution in [0.5, 0.6) is 5.75 Å². The van der Waals surface area contributed by atoms with Gasteiger partial charge >= 0.3 is 0 Å². The molecule has 0 radical (unpaired) electrons. The van der Waals surface area contributed by atoms with Crippen LogP contribution < -0.4 is 10.5 Å². The number of hydrogen-bond donors (Lipinski definition) is 1. The van der Waals surface area contributed by atoms with Gasteiger partial charge in [-0.05, 0) is 63.1 Å². The molecule has 0 aliphatic heterocycles. The van der Waals surface area contributed by atoms with Crippen molar-refractivity contribution in [3.05, 3.63) is 41.7 Å². The fourth-order valence-corrected chi connectivity index (χ4v) is 4.53. The number of nitrogens with zero attached hydrogens (tertiary/aromatic N) is 3. The third-order valence-corrected chi connectivity index (χ3v) is 5.84. The SMILES string of the molecule is CC(C)Oc1ccc(-c2nc(C3C=CCC4C3CCC[C@H]4N)no2)cc1C#N. The summed E-state index contributed by atoms with van der Waals surface area (Å²) in [7, 11) is 0. The molecule has 1 aromatic heterocycles. The summed E-state index contributed by atoms with van der Waals surface area (Å²) in [5.41, 5.74) is 7.55. The molecule has 6 heteroatoms. The highest BCUT2D eigenvalue weighted by Gasteiger charge is 2.39. The lowest BCUT2D eigenvalue weighted by atomic mass is 9.66. The van der Waals surface area contributed by atoms with Gasteiger partial charge in [0.25, 0.3) is 5.89 Å². The zero-order chi connectivity index (χ0) is 19.7. The molecule has 2 aromatic rings. The molecule has 0 saturated heterocycles. The van der Waals surface area contributed by atoms with Crippen LogP contribution in [0.1, 0.15) is 56.8 Å². The van der Waals surface area contributed by atoms with Crippen LogP contribution in [0.3, 0.4) is 0 Å². The molecule has 3 unspecified atom stereocenters. The monoisotopic (exact) mass is 378 g/mol. The van der Waals surface area contributed by atoms with E-state index >= 15 is 0 Å². The normalized spacial score (nSPS) is 26.7. The highest BCUT2D eigenvalue weighted by molar-refractivity contribution is 5.60. The predicted octanol–water partition coefficient (Wildman–Crippen LogP) is 4.18. The lowest BCUT2D eigenvalue weighted by Gasteiger charge is -2.40. The largest absolute Gasteiger partial charge is 0.490 e. The van der Waals surface area contributed by atoms with Gasteiger partial charge in [0.1, 0.15) is 11.8 Å². The number of rotatable bonds is 4. The molecule has 6 nitrogen and oxygen atoms in total. The second-order valence-electron chi connectivity index (χ2n) is 8.06. The Bertz CT molecular complexity index is 912. The van der Waals surface area contributed by atoms with E-state index in [0.29, 0.717) is 34.9 Å². The lowest BCUT2D eigenvalue weighted by molar-refractivity contribution is 0.176. The third-order valence-electron chi connectivity index (χ3n) is 5.84. The van der Waals surface area contributed by atoms with E-state index in [1.807, 2.05) is 19.9 Å². The van der Waals surface area contributed by atoms with Crippen molar-refractivity contribution in [2.45, 2.75) is 57.6 Å². The van der Waals surface area contributed by atoms with E-state index in [2.05, 4.69) is 28.4 Å². The summed E-state index contributed by atoms with van der Waals surface area (Å²) in [6, 6.07) is 7.82. The average molecular weight is 378 g/mol. The van der Waals surface area contributed by atoms with Crippen molar-refractivity contribution >= 4 is 0 Å². The summed E-state index contributed by atoms with van der Waals surface area (Å²) in [4.78, 5) is 4.67. The molecule has 0 amide bonds. The summed E-state index contributed by atoms with van der Waals surface area (Å²) < 4.78 is 11.2. The Morgan fingerprint density at radius 1 is 1.29 bits per heavy atom. The summed E-state index contributed by atoms with van der Waals surface area (Å²) in [5.74, 6) is 2.80. The van der Waals surface area contributed by atoms with Crippen LogP contribution in [0, 0.1) is 23.2 Å². The fraction of sp³-hybridized carbons (Fsp3) is 0.500. The molecule has 1 aromatic carbocycles. The minimum absolute atomic E-state index is 0.000793. The van der Waals surface area contributed by atoms with Gasteiger partial charge < -0.3 is 15.0 Å². The summed E-state index contributed by atoms with van der Waals surface area (Å²) in [6.07, 6.45) is 8.85. The number of allylic oxidation sites excluding steroid dienone is 2. The van der Waals surface area contributed by atoms with Crippen LogP contribution in [-0.2, 0) is 0 Å². The van der Waals surface area contributed by atoms with Crippen molar-refractivity contribution in [3.63, 3.8) is 0 Å². The predicted molar refractivity (Wildman–Crippen MR) is 106 cm³/mol. The molecule has 1 heterocycles. The van der Waals surface area contributed by atoms with Gasteiger partial charge in [0.2, 0.25) is 0 Å². The highest BCUT2D eigenvalue weighted by atomic mass is 16.5. The summed E-state index contributed by atoms with van der Waals surface area (Å²) in [6.45, 7) is 3.86. The zero-order valence-electron chi connectivity index (χ0n) is 16.3. The average Bonchev–Trinajstić information content (AvgIpc) is 3.18. The van der Waals surface area contributed by atoms with Crippen LogP contribution in [0.4, 0.5) is 0 Å². The topological polar surface area (TPSA) is 98.0 Å². The molecule has 0 bridgehead atoms. The summed E-state index contributed by atoms with van der Waals surface area (Å²) in [5, 5.41) is 13.7. The Balaban J connectivity index is 1.60. The molecule has 4 rings (SSSR count). The van der Waals surface area contributed by atoms with Gasteiger partial charge in [-0.25, -0.2) is 0 Å². The van der Waals surface area contributed by atoms with E-state index < -0.39 is 0 Å². The molecule has 146 valence electrons. The van der Waals surface area contributed by atoms with Gasteiger partial charge in [-0.2, -0.15) is 10.2 Å². The smallest absolute Gasteiger partial charge is 0.257 e. The maximum absolute atomic E-state index is 9.45. The number of nitriles is 1. The lowest BCUT2D eigenvalue weighted by Crippen LogP contribution is -2.42. The van der Waals surface area contributed by atoms with Crippen LogP contribution >= 0.6 is 0 Å². The third kappa shape index (κ3) is 3.55. The standard InChI is InChI=1S/C22H26N4O2/c1-13(2)27-20-10-9-14(11-15(20)12-23)22-25-21(26-28-22)18-7-3-6-17-16(18)5-4-8-19(17)24/h3,7,9-11,13,16-19H,4-6,8,24H2,1-2H3/t16?,17?,18?,19-/m1/s1. The first-order valence-electron chi connectivity index (χ1n) is 10.0. The molecule has 0 spiro atoms. The van der Waals surface area contributed by atoms with E-state index in [-0.39, 0.29) is 18.1 Å². The molecular formula is C22H26N4O2. The fourth-order valence-electron chi connectivity index (χ4n) is 4.53. The van der Waals surface area contributed by atoms with Crippen molar-refractivity contribution in [2.24, 2.45) is 17.6 Å². The van der Waals surface area contributed by atoms with Gasteiger partial charge in [0.15, 0.2) is 5.82 Å². The first kappa shape index (κ1) is 18.7. The maximum atomic E-state index is 9.45. The Morgan fingerprint density at radius 2 is 2.14 bits per heavy atom. The molecule has 1 fully saturated rings. The number of fused-ring (bicyclic) bond motifs is 1. The Hall–Kier alpha value is -2.65.